The van der Waals surface area contributed by atoms with Crippen molar-refractivity contribution in [2.75, 3.05) is 24.5 Å². The van der Waals surface area contributed by atoms with E-state index in [-0.39, 0.29) is 11.3 Å². The van der Waals surface area contributed by atoms with Crippen molar-refractivity contribution in [3.05, 3.63) is 29.8 Å². The Hall–Kier alpha value is -1.35. The maximum atomic E-state index is 13.1. The quantitative estimate of drug-likeness (QED) is 0.915. The highest BCUT2D eigenvalue weighted by Crippen LogP contribution is 2.37. The van der Waals surface area contributed by atoms with Crippen LogP contribution >= 0.6 is 0 Å². The minimum atomic E-state index is -0.249. The van der Waals surface area contributed by atoms with Gasteiger partial charge in [-0.25, -0.2) is 0 Å². The highest BCUT2D eigenvalue weighted by atomic mass is 16.2. The van der Waals surface area contributed by atoms with Crippen LogP contribution in [0, 0.1) is 18.3 Å². The summed E-state index contributed by atoms with van der Waals surface area (Å²) in [6.07, 6.45) is 0.936. The fourth-order valence-corrected chi connectivity index (χ4v) is 3.07. The van der Waals surface area contributed by atoms with Gasteiger partial charge >= 0.3 is 0 Å². The van der Waals surface area contributed by atoms with Gasteiger partial charge in [-0.2, -0.15) is 0 Å². The molecule has 0 spiro atoms. The van der Waals surface area contributed by atoms with E-state index in [4.69, 9.17) is 0 Å². The van der Waals surface area contributed by atoms with Crippen LogP contribution in [0.25, 0.3) is 0 Å². The topological polar surface area (TPSA) is 32.3 Å². The maximum Gasteiger partial charge on any atom is 0.234 e. The molecule has 110 valence electrons. The summed E-state index contributed by atoms with van der Waals surface area (Å²) in [5.41, 5.74) is 1.98. The maximum absolute atomic E-state index is 13.1. The van der Waals surface area contributed by atoms with Gasteiger partial charge in [0.05, 0.1) is 5.41 Å². The van der Waals surface area contributed by atoms with Crippen LogP contribution in [-0.4, -0.2) is 25.5 Å². The van der Waals surface area contributed by atoms with Crippen molar-refractivity contribution in [3.63, 3.8) is 0 Å². The van der Waals surface area contributed by atoms with Gasteiger partial charge in [-0.05, 0) is 44.9 Å². The first kappa shape index (κ1) is 15.0. The lowest BCUT2D eigenvalue weighted by Crippen LogP contribution is -2.48. The van der Waals surface area contributed by atoms with E-state index in [0.29, 0.717) is 5.92 Å². The van der Waals surface area contributed by atoms with Crippen LogP contribution in [0.15, 0.2) is 24.3 Å². The van der Waals surface area contributed by atoms with Crippen molar-refractivity contribution >= 4 is 11.6 Å². The van der Waals surface area contributed by atoms with E-state index < -0.39 is 0 Å². The molecule has 1 aliphatic rings. The summed E-state index contributed by atoms with van der Waals surface area (Å²) in [6.45, 7) is 10.9. The first-order valence-electron chi connectivity index (χ1n) is 7.60. The molecule has 20 heavy (non-hydrogen) atoms. The van der Waals surface area contributed by atoms with Crippen LogP contribution in [0.4, 0.5) is 5.69 Å². The van der Waals surface area contributed by atoms with Crippen LogP contribution in [-0.2, 0) is 4.79 Å². The number of hydrogen-bond acceptors (Lipinski definition) is 2. The van der Waals surface area contributed by atoms with Crippen molar-refractivity contribution in [1.29, 1.82) is 0 Å². The second-order valence-corrected chi connectivity index (χ2v) is 6.12. The monoisotopic (exact) mass is 274 g/mol. The molecule has 1 saturated heterocycles. The number of benzene rings is 1. The Kier molecular flexibility index (Phi) is 4.48. The van der Waals surface area contributed by atoms with E-state index in [1.807, 2.05) is 24.0 Å². The van der Waals surface area contributed by atoms with Gasteiger partial charge in [-0.15, -0.1) is 0 Å². The Labute approximate surface area is 122 Å². The lowest BCUT2D eigenvalue weighted by atomic mass is 9.75. The Morgan fingerprint density at radius 3 is 2.45 bits per heavy atom. The molecule has 0 saturated carbocycles. The predicted molar refractivity (Wildman–Crippen MR) is 84.0 cm³/mol. The zero-order chi connectivity index (χ0) is 14.8. The van der Waals surface area contributed by atoms with Crippen LogP contribution < -0.4 is 10.2 Å². The van der Waals surface area contributed by atoms with Gasteiger partial charge in [0, 0.05) is 18.8 Å². The van der Waals surface area contributed by atoms with E-state index >= 15 is 0 Å². The molecule has 1 aliphatic heterocycles. The van der Waals surface area contributed by atoms with E-state index in [1.54, 1.807) is 0 Å². The standard InChI is InChI=1S/C17H26N2O/c1-5-19(15-8-6-14(4)7-9-15)16(20)17(13(2)3)10-11-18-12-17/h6-9,13,18H,5,10-12H2,1-4H3. The molecule has 1 aromatic carbocycles. The Bertz CT molecular complexity index is 458. The predicted octanol–water partition coefficient (Wildman–Crippen LogP) is 2.98. The molecule has 0 aliphatic carbocycles. The minimum Gasteiger partial charge on any atom is -0.316 e. The van der Waals surface area contributed by atoms with E-state index in [9.17, 15) is 4.79 Å². The summed E-state index contributed by atoms with van der Waals surface area (Å²) < 4.78 is 0. The van der Waals surface area contributed by atoms with Crippen LogP contribution in [0.3, 0.4) is 0 Å². The first-order chi connectivity index (χ1) is 9.51. The third-order valence-corrected chi connectivity index (χ3v) is 4.63. The molecule has 3 nitrogen and oxygen atoms in total. The van der Waals surface area contributed by atoms with Crippen molar-refractivity contribution in [1.82, 2.24) is 5.32 Å². The molecule has 0 bridgehead atoms. The lowest BCUT2D eigenvalue weighted by Gasteiger charge is -2.36. The van der Waals surface area contributed by atoms with Crippen LogP contribution in [0.2, 0.25) is 0 Å². The number of aryl methyl sites for hydroxylation is 1. The zero-order valence-corrected chi connectivity index (χ0v) is 13.1. The average Bonchev–Trinajstić information content (AvgIpc) is 2.92. The van der Waals surface area contributed by atoms with Gasteiger partial charge < -0.3 is 10.2 Å². The van der Waals surface area contributed by atoms with E-state index in [2.05, 4.69) is 38.2 Å². The molecule has 2 rings (SSSR count). The second-order valence-electron chi connectivity index (χ2n) is 6.12. The summed E-state index contributed by atoms with van der Waals surface area (Å²) in [7, 11) is 0. The molecule has 3 heteroatoms. The van der Waals surface area contributed by atoms with Crippen LogP contribution in [0.5, 0.6) is 0 Å². The highest BCUT2D eigenvalue weighted by Gasteiger charge is 2.46. The summed E-state index contributed by atoms with van der Waals surface area (Å²) in [4.78, 5) is 15.0. The van der Waals surface area contributed by atoms with Gasteiger partial charge in [0.15, 0.2) is 0 Å². The van der Waals surface area contributed by atoms with Gasteiger partial charge in [0.1, 0.15) is 0 Å². The smallest absolute Gasteiger partial charge is 0.234 e. The van der Waals surface area contributed by atoms with E-state index in [0.717, 1.165) is 31.7 Å². The minimum absolute atomic E-state index is 0.249. The molecule has 0 aromatic heterocycles. The van der Waals surface area contributed by atoms with Crippen molar-refractivity contribution in [2.45, 2.75) is 34.1 Å². The number of carbonyl (C=O) groups is 1. The molecule has 1 heterocycles. The third kappa shape index (κ3) is 2.59. The molecule has 1 atom stereocenters. The number of nitrogens with one attached hydrogen (secondary N) is 1. The number of nitrogens with zero attached hydrogens (tertiary/aromatic N) is 1. The average molecular weight is 274 g/mol. The molecular weight excluding hydrogens is 248 g/mol. The highest BCUT2D eigenvalue weighted by molar-refractivity contribution is 5.98. The third-order valence-electron chi connectivity index (χ3n) is 4.63. The van der Waals surface area contributed by atoms with Gasteiger partial charge in [0.2, 0.25) is 5.91 Å². The Morgan fingerprint density at radius 2 is 2.00 bits per heavy atom. The SMILES string of the molecule is CCN(C(=O)C1(C(C)C)CCNC1)c1ccc(C)cc1. The second kappa shape index (κ2) is 5.96. The lowest BCUT2D eigenvalue weighted by molar-refractivity contribution is -0.129. The molecular formula is C17H26N2O. The Balaban J connectivity index is 2.31. The largest absolute Gasteiger partial charge is 0.316 e. The first-order valence-corrected chi connectivity index (χ1v) is 7.60. The number of rotatable bonds is 4. The summed E-state index contributed by atoms with van der Waals surface area (Å²) in [5, 5.41) is 3.37. The fraction of sp³-hybridized carbons (Fsp3) is 0.588. The van der Waals surface area contributed by atoms with Crippen molar-refractivity contribution in [3.8, 4) is 0 Å². The Morgan fingerprint density at radius 1 is 1.35 bits per heavy atom. The summed E-state index contributed by atoms with van der Waals surface area (Å²) >= 11 is 0. The number of amides is 1. The molecule has 1 fully saturated rings. The molecule has 1 aromatic rings. The molecule has 1 unspecified atom stereocenters. The van der Waals surface area contributed by atoms with Crippen molar-refractivity contribution < 1.29 is 4.79 Å². The number of carbonyl (C=O) groups excluding carboxylic acids is 1. The van der Waals surface area contributed by atoms with Crippen molar-refractivity contribution in [2.24, 2.45) is 11.3 Å². The normalized spacial score (nSPS) is 22.2. The summed E-state index contributed by atoms with van der Waals surface area (Å²) in [6, 6.07) is 8.24. The molecule has 0 radical (unpaired) electrons. The van der Waals surface area contributed by atoms with E-state index in [1.165, 1.54) is 5.56 Å². The summed E-state index contributed by atoms with van der Waals surface area (Å²) in [5.74, 6) is 0.619. The molecule has 1 amide bonds. The fourth-order valence-electron chi connectivity index (χ4n) is 3.07. The molecule has 1 N–H and O–H groups in total. The number of anilines is 1. The van der Waals surface area contributed by atoms with Gasteiger partial charge in [-0.3, -0.25) is 4.79 Å². The van der Waals surface area contributed by atoms with Gasteiger partial charge in [-0.1, -0.05) is 31.5 Å². The number of hydrogen-bond donors (Lipinski definition) is 1. The zero-order valence-electron chi connectivity index (χ0n) is 13.1. The van der Waals surface area contributed by atoms with Crippen LogP contribution in [0.1, 0.15) is 32.8 Å². The van der Waals surface area contributed by atoms with Gasteiger partial charge in [0.25, 0.3) is 0 Å².